The summed E-state index contributed by atoms with van der Waals surface area (Å²) in [5, 5.41) is 1.69. The van der Waals surface area contributed by atoms with Gasteiger partial charge in [0.05, 0.1) is 17.4 Å². The highest BCUT2D eigenvalue weighted by molar-refractivity contribution is 9.30. The van der Waals surface area contributed by atoms with Crippen LogP contribution in [0.1, 0.15) is 34.6 Å². The second-order valence-electron chi connectivity index (χ2n) is 6.15. The molecule has 0 amide bonds. The van der Waals surface area contributed by atoms with Crippen molar-refractivity contribution in [2.24, 2.45) is 10.8 Å². The van der Waals surface area contributed by atoms with Crippen LogP contribution in [0.15, 0.2) is 0 Å². The van der Waals surface area contributed by atoms with Crippen LogP contribution in [-0.2, 0) is 0 Å². The van der Waals surface area contributed by atoms with Gasteiger partial charge < -0.3 is 0 Å². The van der Waals surface area contributed by atoms with E-state index in [-0.39, 0.29) is 16.8 Å². The van der Waals surface area contributed by atoms with E-state index in [0.717, 1.165) is 16.8 Å². The Bertz CT molecular complexity index is 315. The second kappa shape index (κ2) is 7.87. The summed E-state index contributed by atoms with van der Waals surface area (Å²) in [4.78, 5) is 0. The zero-order chi connectivity index (χ0) is 16.6. The molecule has 0 aromatic rings. The van der Waals surface area contributed by atoms with Crippen molar-refractivity contribution in [1.29, 1.82) is 0 Å². The molecule has 0 aromatic heterocycles. The van der Waals surface area contributed by atoms with Gasteiger partial charge in [0.15, 0.2) is 6.62 Å². The molecule has 0 aliphatic rings. The van der Waals surface area contributed by atoms with E-state index in [1.54, 1.807) is 0 Å². The van der Waals surface area contributed by atoms with Crippen LogP contribution in [0.3, 0.4) is 0 Å². The summed E-state index contributed by atoms with van der Waals surface area (Å²) >= 11 is 30.3. The molecule has 0 unspecified atom stereocenters. The van der Waals surface area contributed by atoms with E-state index in [9.17, 15) is 0 Å². The van der Waals surface area contributed by atoms with Crippen molar-refractivity contribution in [2.75, 3.05) is 16.8 Å². The molecular formula is C12H21Br6ClP+. The summed E-state index contributed by atoms with van der Waals surface area (Å²) in [6, 6.07) is 0. The summed E-state index contributed by atoms with van der Waals surface area (Å²) in [5.41, 5.74) is -0.124. The van der Waals surface area contributed by atoms with Crippen molar-refractivity contribution in [1.82, 2.24) is 0 Å². The smallest absolute Gasteiger partial charge is 0.0920 e. The first kappa shape index (κ1) is 23.6. The number of rotatable bonds is 7. The molecule has 0 nitrogen and oxygen atoms in total. The maximum atomic E-state index is 7.32. The first-order chi connectivity index (χ1) is 8.68. The predicted octanol–water partition coefficient (Wildman–Crippen LogP) is 8.91. The Morgan fingerprint density at radius 2 is 1.05 bits per heavy atom. The third-order valence-electron chi connectivity index (χ3n) is 3.62. The fraction of sp³-hybridized carbons (Fsp3) is 1.00. The van der Waals surface area contributed by atoms with Crippen LogP contribution in [0.5, 0.6) is 0 Å². The average Bonchev–Trinajstić information content (AvgIpc) is 2.36. The molecule has 0 aliphatic carbocycles. The maximum Gasteiger partial charge on any atom is 0.210 e. The Balaban J connectivity index is 6.09. The standard InChI is InChI=1S/C12H21Br6ClP/c1-6-20(19,11(15,16)9(2,3)7-13)12(17,18)10(4,5)8-14/h6-8H2,1-5H3/q+1. The molecule has 20 heavy (non-hydrogen) atoms. The topological polar surface area (TPSA) is 0 Å². The molecule has 0 saturated carbocycles. The van der Waals surface area contributed by atoms with Gasteiger partial charge in [0, 0.05) is 21.5 Å². The van der Waals surface area contributed by atoms with Crippen molar-refractivity contribution >= 4 is 113 Å². The lowest BCUT2D eigenvalue weighted by molar-refractivity contribution is 0.433. The van der Waals surface area contributed by atoms with Crippen LogP contribution >= 0.6 is 113 Å². The Morgan fingerprint density at radius 1 is 0.800 bits per heavy atom. The molecule has 0 radical (unpaired) electrons. The highest BCUT2D eigenvalue weighted by Gasteiger charge is 2.74. The molecule has 0 heterocycles. The van der Waals surface area contributed by atoms with Gasteiger partial charge in [-0.15, -0.1) is 0 Å². The van der Waals surface area contributed by atoms with Gasteiger partial charge in [-0.1, -0.05) is 59.6 Å². The lowest BCUT2D eigenvalue weighted by Crippen LogP contribution is -2.46. The van der Waals surface area contributed by atoms with E-state index in [1.807, 2.05) is 0 Å². The first-order valence-corrected chi connectivity index (χ1v) is 14.4. The van der Waals surface area contributed by atoms with E-state index in [1.165, 1.54) is 0 Å². The van der Waals surface area contributed by atoms with Gasteiger partial charge in [0.25, 0.3) is 0 Å². The van der Waals surface area contributed by atoms with Gasteiger partial charge in [-0.25, -0.2) is 0 Å². The molecule has 0 spiro atoms. The number of hydrogen-bond acceptors (Lipinski definition) is 0. The Hall–Kier alpha value is 3.60. The molecule has 8 heteroatoms. The monoisotopic (exact) mass is 705 g/mol. The molecule has 0 N–H and O–H groups in total. The molecule has 0 atom stereocenters. The lowest BCUT2D eigenvalue weighted by Gasteiger charge is -2.50. The second-order valence-corrected chi connectivity index (χ2v) is 21.7. The highest BCUT2D eigenvalue weighted by atomic mass is 79.9. The van der Waals surface area contributed by atoms with E-state index in [0.29, 0.717) is 0 Å². The predicted molar refractivity (Wildman–Crippen MR) is 120 cm³/mol. The SMILES string of the molecule is CC[P+](Cl)(C(Br)(Br)C(C)(C)CBr)C(Br)(Br)C(C)(C)CBr. The van der Waals surface area contributed by atoms with Gasteiger partial charge in [-0.05, 0) is 70.6 Å². The van der Waals surface area contributed by atoms with Crippen LogP contribution in [0.25, 0.3) is 0 Å². The normalized spacial score (nSPS) is 15.6. The van der Waals surface area contributed by atoms with Crippen molar-refractivity contribution < 1.29 is 0 Å². The summed E-state index contributed by atoms with van der Waals surface area (Å²) in [7, 11) is 0. The molecular weight excluding hydrogens is 690 g/mol. The van der Waals surface area contributed by atoms with Gasteiger partial charge >= 0.3 is 0 Å². The third-order valence-corrected chi connectivity index (χ3v) is 26.5. The summed E-state index contributed by atoms with van der Waals surface area (Å²) in [6.45, 7) is 8.92. The van der Waals surface area contributed by atoms with E-state index >= 15 is 0 Å². The minimum absolute atomic E-state index is 0.0618. The fourth-order valence-electron chi connectivity index (χ4n) is 1.69. The van der Waals surface area contributed by atoms with Gasteiger partial charge in [0.1, 0.15) is 0 Å². The van der Waals surface area contributed by atoms with Gasteiger partial charge in [0.2, 0.25) is 5.95 Å². The van der Waals surface area contributed by atoms with Gasteiger partial charge in [-0.2, -0.15) is 0 Å². The van der Waals surface area contributed by atoms with E-state index in [2.05, 4.69) is 130 Å². The summed E-state index contributed by atoms with van der Waals surface area (Å²) in [5.74, 6) is 0. The van der Waals surface area contributed by atoms with Crippen LogP contribution in [0, 0.1) is 10.8 Å². The van der Waals surface area contributed by atoms with Crippen LogP contribution < -0.4 is 0 Å². The molecule has 0 rings (SSSR count). The summed E-state index contributed by atoms with van der Waals surface area (Å²) < 4.78 is -0.738. The lowest BCUT2D eigenvalue weighted by atomic mass is 9.99. The van der Waals surface area contributed by atoms with E-state index < -0.39 is 6.62 Å². The third kappa shape index (κ3) is 3.88. The number of hydrogen-bond donors (Lipinski definition) is 0. The van der Waals surface area contributed by atoms with Crippen LogP contribution in [0.4, 0.5) is 0 Å². The Morgan fingerprint density at radius 3 is 1.20 bits per heavy atom. The van der Waals surface area contributed by atoms with Gasteiger partial charge in [-0.3, -0.25) is 0 Å². The molecule has 0 bridgehead atoms. The van der Waals surface area contributed by atoms with E-state index in [4.69, 9.17) is 11.2 Å². The average molecular weight is 711 g/mol. The molecule has 0 fully saturated rings. The molecule has 0 aliphatic heterocycles. The Kier molecular flexibility index (Phi) is 9.29. The minimum atomic E-state index is -2.05. The molecule has 0 aromatic carbocycles. The number of halogens is 7. The van der Waals surface area contributed by atoms with Crippen LogP contribution in [-0.4, -0.2) is 22.8 Å². The van der Waals surface area contributed by atoms with Crippen molar-refractivity contribution in [3.63, 3.8) is 0 Å². The van der Waals surface area contributed by atoms with Crippen molar-refractivity contribution in [3.05, 3.63) is 0 Å². The minimum Gasteiger partial charge on any atom is -0.0920 e. The molecule has 122 valence electrons. The van der Waals surface area contributed by atoms with Crippen molar-refractivity contribution in [2.45, 2.75) is 40.6 Å². The largest absolute Gasteiger partial charge is 0.210 e. The van der Waals surface area contributed by atoms with Crippen molar-refractivity contribution in [3.8, 4) is 0 Å². The quantitative estimate of drug-likeness (QED) is 0.183. The number of alkyl halides is 6. The molecule has 0 saturated heterocycles. The Labute approximate surface area is 179 Å². The first-order valence-electron chi connectivity index (χ1n) is 6.14. The highest BCUT2D eigenvalue weighted by Crippen LogP contribution is 2.93. The zero-order valence-corrected chi connectivity index (χ0v) is 23.4. The zero-order valence-electron chi connectivity index (χ0n) is 12.2. The maximum absolute atomic E-state index is 7.32. The summed E-state index contributed by atoms with van der Waals surface area (Å²) in [6.07, 6.45) is 0.883. The van der Waals surface area contributed by atoms with Crippen LogP contribution in [0.2, 0.25) is 0 Å². The fourth-order valence-corrected chi connectivity index (χ4v) is 18.7.